The Labute approximate surface area is 141 Å². The van der Waals surface area contributed by atoms with Gasteiger partial charge in [-0.3, -0.25) is 0 Å². The molecule has 126 valence electrons. The molecular formula is C17H23NO4S. The summed E-state index contributed by atoms with van der Waals surface area (Å²) in [6.07, 6.45) is -0.308. The number of hydrogen-bond acceptors (Lipinski definition) is 5. The van der Waals surface area contributed by atoms with E-state index in [-0.39, 0.29) is 23.9 Å². The van der Waals surface area contributed by atoms with Gasteiger partial charge in [-0.2, -0.15) is 11.8 Å². The van der Waals surface area contributed by atoms with Crippen LogP contribution in [-0.4, -0.2) is 53.3 Å². The molecule has 6 heteroatoms. The number of hydrogen-bond donors (Lipinski definition) is 0. The highest BCUT2D eigenvalue weighted by atomic mass is 32.2. The van der Waals surface area contributed by atoms with Gasteiger partial charge in [-0.1, -0.05) is 18.2 Å². The van der Waals surface area contributed by atoms with Gasteiger partial charge in [-0.25, -0.2) is 9.59 Å². The smallest absolute Gasteiger partial charge is 0.410 e. The van der Waals surface area contributed by atoms with E-state index in [0.29, 0.717) is 18.7 Å². The summed E-state index contributed by atoms with van der Waals surface area (Å²) < 4.78 is 10.7. The molecule has 1 saturated heterocycles. The van der Waals surface area contributed by atoms with Gasteiger partial charge in [0, 0.05) is 18.8 Å². The SMILES string of the molecule is CC(C)(C)OC(=O)N1CCSC(COC(=O)c2ccccc2)C1. The van der Waals surface area contributed by atoms with Crippen molar-refractivity contribution in [1.29, 1.82) is 0 Å². The number of carbonyl (C=O) groups excluding carboxylic acids is 2. The molecule has 5 nitrogen and oxygen atoms in total. The van der Waals surface area contributed by atoms with Gasteiger partial charge in [0.05, 0.1) is 10.8 Å². The average molecular weight is 337 g/mol. The summed E-state index contributed by atoms with van der Waals surface area (Å²) in [5, 5.41) is 0.0731. The number of amides is 1. The molecule has 0 aliphatic carbocycles. The minimum atomic E-state index is -0.503. The van der Waals surface area contributed by atoms with Gasteiger partial charge in [0.15, 0.2) is 0 Å². The van der Waals surface area contributed by atoms with Gasteiger partial charge >= 0.3 is 12.1 Å². The van der Waals surface area contributed by atoms with Crippen LogP contribution < -0.4 is 0 Å². The van der Waals surface area contributed by atoms with Crippen molar-refractivity contribution in [2.24, 2.45) is 0 Å². The van der Waals surface area contributed by atoms with Crippen LogP contribution >= 0.6 is 11.8 Å². The molecule has 1 fully saturated rings. The van der Waals surface area contributed by atoms with E-state index in [1.54, 1.807) is 40.9 Å². The molecule has 0 N–H and O–H groups in total. The lowest BCUT2D eigenvalue weighted by Gasteiger charge is -2.33. The monoisotopic (exact) mass is 337 g/mol. The standard InChI is InChI=1S/C17H23NO4S/c1-17(2,3)22-16(20)18-9-10-23-14(11-18)12-21-15(19)13-7-5-4-6-8-13/h4-8,14H,9-12H2,1-3H3. The van der Waals surface area contributed by atoms with Crippen molar-refractivity contribution in [3.63, 3.8) is 0 Å². The minimum absolute atomic E-state index is 0.0731. The van der Waals surface area contributed by atoms with Crippen molar-refractivity contribution in [2.75, 3.05) is 25.4 Å². The lowest BCUT2D eigenvalue weighted by Crippen LogP contribution is -2.45. The second kappa shape index (κ2) is 7.73. The molecule has 23 heavy (non-hydrogen) atoms. The summed E-state index contributed by atoms with van der Waals surface area (Å²) in [7, 11) is 0. The molecule has 0 bridgehead atoms. The molecule has 0 aromatic heterocycles. The zero-order valence-electron chi connectivity index (χ0n) is 13.8. The number of esters is 1. The van der Waals surface area contributed by atoms with Crippen molar-refractivity contribution in [3.8, 4) is 0 Å². The van der Waals surface area contributed by atoms with E-state index in [4.69, 9.17) is 9.47 Å². The fourth-order valence-corrected chi connectivity index (χ4v) is 3.25. The van der Waals surface area contributed by atoms with Gasteiger partial charge < -0.3 is 14.4 Å². The van der Waals surface area contributed by atoms with Crippen LogP contribution in [-0.2, 0) is 9.47 Å². The molecule has 1 aromatic carbocycles. The first-order valence-corrected chi connectivity index (χ1v) is 8.72. The molecule has 1 unspecified atom stereocenters. The van der Waals surface area contributed by atoms with Crippen LogP contribution in [0.15, 0.2) is 30.3 Å². The molecule has 2 rings (SSSR count). The number of benzene rings is 1. The van der Waals surface area contributed by atoms with Crippen LogP contribution in [0.4, 0.5) is 4.79 Å². The molecule has 0 saturated carbocycles. The Hall–Kier alpha value is -1.69. The van der Waals surface area contributed by atoms with Crippen LogP contribution in [0.2, 0.25) is 0 Å². The molecule has 1 aliphatic heterocycles. The summed E-state index contributed by atoms with van der Waals surface area (Å²) in [4.78, 5) is 25.7. The summed E-state index contributed by atoms with van der Waals surface area (Å²) in [5.74, 6) is 0.480. The second-order valence-corrected chi connectivity index (χ2v) is 7.79. The summed E-state index contributed by atoms with van der Waals surface area (Å²) in [6, 6.07) is 8.91. The van der Waals surface area contributed by atoms with E-state index >= 15 is 0 Å². The lowest BCUT2D eigenvalue weighted by atomic mass is 10.2. The maximum Gasteiger partial charge on any atom is 0.410 e. The number of thioether (sulfide) groups is 1. The Morgan fingerprint density at radius 3 is 2.61 bits per heavy atom. The Bertz CT molecular complexity index is 541. The maximum atomic E-state index is 12.1. The topological polar surface area (TPSA) is 55.8 Å². The molecule has 1 heterocycles. The van der Waals surface area contributed by atoms with Gasteiger partial charge in [0.25, 0.3) is 0 Å². The van der Waals surface area contributed by atoms with Crippen molar-refractivity contribution in [2.45, 2.75) is 31.6 Å². The van der Waals surface area contributed by atoms with E-state index in [1.165, 1.54) is 0 Å². The number of ether oxygens (including phenoxy) is 2. The fraction of sp³-hybridized carbons (Fsp3) is 0.529. The number of carbonyl (C=O) groups is 2. The number of rotatable bonds is 3. The van der Waals surface area contributed by atoms with Crippen LogP contribution in [0.5, 0.6) is 0 Å². The Kier molecular flexibility index (Phi) is 5.93. The first kappa shape index (κ1) is 17.7. The highest BCUT2D eigenvalue weighted by Crippen LogP contribution is 2.21. The zero-order chi connectivity index (χ0) is 16.9. The van der Waals surface area contributed by atoms with Crippen molar-refractivity contribution < 1.29 is 19.1 Å². The van der Waals surface area contributed by atoms with Crippen molar-refractivity contribution >= 4 is 23.8 Å². The van der Waals surface area contributed by atoms with Crippen molar-refractivity contribution in [3.05, 3.63) is 35.9 Å². The van der Waals surface area contributed by atoms with Crippen LogP contribution in [0, 0.1) is 0 Å². The third-order valence-electron chi connectivity index (χ3n) is 3.20. The molecular weight excluding hydrogens is 314 g/mol. The van der Waals surface area contributed by atoms with Gasteiger partial charge in [0.1, 0.15) is 12.2 Å². The van der Waals surface area contributed by atoms with Gasteiger partial charge in [0.2, 0.25) is 0 Å². The average Bonchev–Trinajstić information content (AvgIpc) is 2.52. The van der Waals surface area contributed by atoms with E-state index in [1.807, 2.05) is 26.8 Å². The Balaban J connectivity index is 1.82. The predicted octanol–water partition coefficient (Wildman–Crippen LogP) is 3.20. The highest BCUT2D eigenvalue weighted by molar-refractivity contribution is 8.00. The van der Waals surface area contributed by atoms with Crippen LogP contribution in [0.1, 0.15) is 31.1 Å². The first-order chi connectivity index (χ1) is 10.8. The third kappa shape index (κ3) is 5.78. The van der Waals surface area contributed by atoms with Crippen LogP contribution in [0.3, 0.4) is 0 Å². The Morgan fingerprint density at radius 2 is 1.96 bits per heavy atom. The van der Waals surface area contributed by atoms with E-state index in [2.05, 4.69) is 0 Å². The van der Waals surface area contributed by atoms with Gasteiger partial charge in [-0.15, -0.1) is 0 Å². The molecule has 1 aromatic rings. The minimum Gasteiger partial charge on any atom is -0.461 e. The molecule has 1 atom stereocenters. The second-order valence-electron chi connectivity index (χ2n) is 6.38. The third-order valence-corrected chi connectivity index (χ3v) is 4.38. The normalized spacial score (nSPS) is 18.4. The van der Waals surface area contributed by atoms with Gasteiger partial charge in [-0.05, 0) is 32.9 Å². The van der Waals surface area contributed by atoms with Crippen LogP contribution in [0.25, 0.3) is 0 Å². The molecule has 0 spiro atoms. The fourth-order valence-electron chi connectivity index (χ4n) is 2.14. The van der Waals surface area contributed by atoms with Crippen molar-refractivity contribution in [1.82, 2.24) is 4.90 Å². The number of nitrogens with zero attached hydrogens (tertiary/aromatic N) is 1. The summed E-state index contributed by atoms with van der Waals surface area (Å²) >= 11 is 1.71. The quantitative estimate of drug-likeness (QED) is 0.793. The first-order valence-electron chi connectivity index (χ1n) is 7.67. The largest absolute Gasteiger partial charge is 0.461 e. The van der Waals surface area contributed by atoms with E-state index < -0.39 is 5.60 Å². The molecule has 1 aliphatic rings. The van der Waals surface area contributed by atoms with E-state index in [0.717, 1.165) is 5.75 Å². The highest BCUT2D eigenvalue weighted by Gasteiger charge is 2.28. The summed E-state index contributed by atoms with van der Waals surface area (Å²) in [6.45, 7) is 7.02. The molecule has 0 radical (unpaired) electrons. The predicted molar refractivity (Wildman–Crippen MR) is 90.8 cm³/mol. The molecule has 1 amide bonds. The maximum absolute atomic E-state index is 12.1. The summed E-state index contributed by atoms with van der Waals surface area (Å²) in [5.41, 5.74) is 0.0361. The lowest BCUT2D eigenvalue weighted by molar-refractivity contribution is 0.0238. The van der Waals surface area contributed by atoms with E-state index in [9.17, 15) is 9.59 Å². The zero-order valence-corrected chi connectivity index (χ0v) is 14.6. The Morgan fingerprint density at radius 1 is 1.26 bits per heavy atom.